The number of nitrogens with one attached hydrogen (secondary N) is 1. The Morgan fingerprint density at radius 2 is 1.71 bits per heavy atom. The van der Waals surface area contributed by atoms with Gasteiger partial charge in [-0.25, -0.2) is 0 Å². The number of benzene rings is 2. The van der Waals surface area contributed by atoms with Crippen molar-refractivity contribution in [3.63, 3.8) is 0 Å². The third-order valence-corrected chi connectivity index (χ3v) is 3.65. The molecule has 2 aromatic rings. The van der Waals surface area contributed by atoms with Crippen LogP contribution in [0.2, 0.25) is 0 Å². The maximum Gasteiger partial charge on any atom is 0.237 e. The van der Waals surface area contributed by atoms with Crippen LogP contribution >= 0.6 is 0 Å². The molecule has 0 saturated heterocycles. The topological polar surface area (TPSA) is 55.1 Å². The van der Waals surface area contributed by atoms with Gasteiger partial charge in [0.2, 0.25) is 5.91 Å². The molecule has 0 aliphatic carbocycles. The quantitative estimate of drug-likeness (QED) is 0.886. The highest BCUT2D eigenvalue weighted by atomic mass is 16.2. The highest BCUT2D eigenvalue weighted by Gasteiger charge is 2.17. The molecule has 3 N–H and O–H groups in total. The van der Waals surface area contributed by atoms with Crippen LogP contribution in [-0.2, 0) is 11.2 Å². The molecule has 21 heavy (non-hydrogen) atoms. The fourth-order valence-corrected chi connectivity index (χ4v) is 2.43. The first-order valence-corrected chi connectivity index (χ1v) is 7.23. The molecule has 2 aromatic carbocycles. The number of nitrogens with two attached hydrogens (primary N) is 1. The van der Waals surface area contributed by atoms with Crippen LogP contribution in [0.25, 0.3) is 0 Å². The second-order valence-corrected chi connectivity index (χ2v) is 5.38. The summed E-state index contributed by atoms with van der Waals surface area (Å²) in [6, 6.07) is 17.3. The van der Waals surface area contributed by atoms with Gasteiger partial charge in [0.25, 0.3) is 0 Å². The van der Waals surface area contributed by atoms with Crippen LogP contribution in [-0.4, -0.2) is 11.9 Å². The summed E-state index contributed by atoms with van der Waals surface area (Å²) >= 11 is 0. The van der Waals surface area contributed by atoms with Crippen molar-refractivity contribution < 1.29 is 4.79 Å². The zero-order chi connectivity index (χ0) is 15.2. The number of aryl methyl sites for hydroxylation is 1. The highest BCUT2D eigenvalue weighted by Crippen LogP contribution is 2.16. The van der Waals surface area contributed by atoms with Crippen molar-refractivity contribution in [2.24, 2.45) is 5.73 Å². The van der Waals surface area contributed by atoms with Crippen LogP contribution in [0.1, 0.15) is 29.7 Å². The highest BCUT2D eigenvalue weighted by molar-refractivity contribution is 5.82. The van der Waals surface area contributed by atoms with Gasteiger partial charge >= 0.3 is 0 Å². The minimum absolute atomic E-state index is 0.0412. The van der Waals surface area contributed by atoms with Crippen LogP contribution in [0, 0.1) is 6.92 Å². The Hall–Kier alpha value is -2.13. The first kappa shape index (κ1) is 15.3. The van der Waals surface area contributed by atoms with Crippen LogP contribution in [0.3, 0.4) is 0 Å². The maximum atomic E-state index is 12.2. The summed E-state index contributed by atoms with van der Waals surface area (Å²) in [4.78, 5) is 12.2. The third kappa shape index (κ3) is 4.17. The SMILES string of the molecule is Cc1ccccc1[C@H](C)NC(=O)[C@@H](N)Cc1ccccc1. The standard InChI is InChI=1S/C18H22N2O/c1-13-8-6-7-11-16(13)14(2)20-18(21)17(19)12-15-9-4-3-5-10-15/h3-11,14,17H,12,19H2,1-2H3,(H,20,21)/t14-,17-/m0/s1. The van der Waals surface area contributed by atoms with Gasteiger partial charge in [0.1, 0.15) is 0 Å². The fourth-order valence-electron chi connectivity index (χ4n) is 2.43. The monoisotopic (exact) mass is 282 g/mol. The van der Waals surface area contributed by atoms with Gasteiger partial charge in [-0.05, 0) is 37.0 Å². The molecule has 0 aliphatic heterocycles. The first-order chi connectivity index (χ1) is 10.1. The molecule has 0 spiro atoms. The summed E-state index contributed by atoms with van der Waals surface area (Å²) in [6.07, 6.45) is 0.549. The van der Waals surface area contributed by atoms with Gasteiger partial charge in [-0.15, -0.1) is 0 Å². The molecular formula is C18H22N2O. The first-order valence-electron chi connectivity index (χ1n) is 7.23. The molecule has 0 fully saturated rings. The summed E-state index contributed by atoms with van der Waals surface area (Å²) in [6.45, 7) is 4.03. The van der Waals surface area contributed by atoms with E-state index in [2.05, 4.69) is 5.32 Å². The van der Waals surface area contributed by atoms with E-state index in [0.29, 0.717) is 6.42 Å². The zero-order valence-corrected chi connectivity index (χ0v) is 12.5. The molecule has 2 atom stereocenters. The lowest BCUT2D eigenvalue weighted by Gasteiger charge is -2.19. The molecule has 2 rings (SSSR count). The Balaban J connectivity index is 1.96. The lowest BCUT2D eigenvalue weighted by Crippen LogP contribution is -2.43. The smallest absolute Gasteiger partial charge is 0.237 e. The number of rotatable bonds is 5. The van der Waals surface area contributed by atoms with E-state index in [1.54, 1.807) is 0 Å². The summed E-state index contributed by atoms with van der Waals surface area (Å²) < 4.78 is 0. The van der Waals surface area contributed by atoms with E-state index in [0.717, 1.165) is 11.1 Å². The predicted octanol–water partition coefficient (Wildman–Crippen LogP) is 2.74. The van der Waals surface area contributed by atoms with Gasteiger partial charge in [-0.2, -0.15) is 0 Å². The number of hydrogen-bond donors (Lipinski definition) is 2. The summed E-state index contributed by atoms with van der Waals surface area (Å²) in [7, 11) is 0. The minimum Gasteiger partial charge on any atom is -0.348 e. The molecule has 0 saturated carbocycles. The van der Waals surface area contributed by atoms with Crippen molar-refractivity contribution in [2.45, 2.75) is 32.4 Å². The Morgan fingerprint density at radius 1 is 1.10 bits per heavy atom. The van der Waals surface area contributed by atoms with Crippen molar-refractivity contribution in [3.8, 4) is 0 Å². The third-order valence-electron chi connectivity index (χ3n) is 3.65. The van der Waals surface area contributed by atoms with E-state index in [1.807, 2.05) is 68.4 Å². The normalized spacial score (nSPS) is 13.5. The van der Waals surface area contributed by atoms with E-state index in [1.165, 1.54) is 5.56 Å². The van der Waals surface area contributed by atoms with Crippen molar-refractivity contribution >= 4 is 5.91 Å². The van der Waals surface area contributed by atoms with Crippen molar-refractivity contribution in [2.75, 3.05) is 0 Å². The van der Waals surface area contributed by atoms with Gasteiger partial charge in [0.15, 0.2) is 0 Å². The van der Waals surface area contributed by atoms with Gasteiger partial charge in [0, 0.05) is 0 Å². The summed E-state index contributed by atoms with van der Waals surface area (Å²) in [5, 5.41) is 2.99. The predicted molar refractivity (Wildman–Crippen MR) is 85.9 cm³/mol. The fraction of sp³-hybridized carbons (Fsp3) is 0.278. The van der Waals surface area contributed by atoms with E-state index in [9.17, 15) is 4.79 Å². The molecular weight excluding hydrogens is 260 g/mol. The molecule has 0 bridgehead atoms. The van der Waals surface area contributed by atoms with Crippen LogP contribution in [0.5, 0.6) is 0 Å². The molecule has 3 nitrogen and oxygen atoms in total. The van der Waals surface area contributed by atoms with E-state index < -0.39 is 6.04 Å². The number of hydrogen-bond acceptors (Lipinski definition) is 2. The van der Waals surface area contributed by atoms with Crippen LogP contribution in [0.4, 0.5) is 0 Å². The largest absolute Gasteiger partial charge is 0.348 e. The summed E-state index contributed by atoms with van der Waals surface area (Å²) in [5.74, 6) is -0.116. The van der Waals surface area contributed by atoms with Gasteiger partial charge in [-0.3, -0.25) is 4.79 Å². The molecule has 0 radical (unpaired) electrons. The Labute approximate surface area is 126 Å². The molecule has 0 heterocycles. The van der Waals surface area contributed by atoms with Crippen molar-refractivity contribution in [1.82, 2.24) is 5.32 Å². The molecule has 110 valence electrons. The van der Waals surface area contributed by atoms with E-state index in [4.69, 9.17) is 5.73 Å². The average Bonchev–Trinajstić information content (AvgIpc) is 2.48. The van der Waals surface area contributed by atoms with Gasteiger partial charge < -0.3 is 11.1 Å². The molecule has 3 heteroatoms. The van der Waals surface area contributed by atoms with E-state index in [-0.39, 0.29) is 11.9 Å². The number of carbonyl (C=O) groups is 1. The molecule has 0 aromatic heterocycles. The summed E-state index contributed by atoms with van der Waals surface area (Å²) in [5.41, 5.74) is 9.37. The molecule has 1 amide bonds. The lowest BCUT2D eigenvalue weighted by molar-refractivity contribution is -0.123. The number of carbonyl (C=O) groups excluding carboxylic acids is 1. The van der Waals surface area contributed by atoms with Crippen LogP contribution < -0.4 is 11.1 Å². The second kappa shape index (κ2) is 7.04. The van der Waals surface area contributed by atoms with Gasteiger partial charge in [-0.1, -0.05) is 54.6 Å². The lowest BCUT2D eigenvalue weighted by atomic mass is 10.0. The minimum atomic E-state index is -0.529. The number of amides is 1. The molecule has 0 unspecified atom stereocenters. The Morgan fingerprint density at radius 3 is 2.38 bits per heavy atom. The average molecular weight is 282 g/mol. The van der Waals surface area contributed by atoms with Crippen LogP contribution in [0.15, 0.2) is 54.6 Å². The Kier molecular flexibility index (Phi) is 5.12. The van der Waals surface area contributed by atoms with Crippen molar-refractivity contribution in [3.05, 3.63) is 71.3 Å². The maximum absolute atomic E-state index is 12.2. The van der Waals surface area contributed by atoms with Crippen molar-refractivity contribution in [1.29, 1.82) is 0 Å². The Bertz CT molecular complexity index is 595. The zero-order valence-electron chi connectivity index (χ0n) is 12.5. The van der Waals surface area contributed by atoms with Gasteiger partial charge in [0.05, 0.1) is 12.1 Å². The second-order valence-electron chi connectivity index (χ2n) is 5.38. The molecule has 0 aliphatic rings. The van der Waals surface area contributed by atoms with E-state index >= 15 is 0 Å².